The minimum atomic E-state index is -0.234. The molecule has 2 N–H and O–H groups in total. The Hall–Kier alpha value is -1.02. The first-order valence-corrected chi connectivity index (χ1v) is 7.23. The van der Waals surface area contributed by atoms with Crippen molar-refractivity contribution in [3.8, 4) is 18.1 Å². The molecule has 1 fully saturated rings. The molecule has 3 nitrogen and oxygen atoms in total. The van der Waals surface area contributed by atoms with Crippen molar-refractivity contribution < 1.29 is 9.84 Å². The Morgan fingerprint density at radius 1 is 1.53 bits per heavy atom. The number of nitrogens with one attached hydrogen (secondary N) is 1. The highest BCUT2D eigenvalue weighted by atomic mass is 79.9. The van der Waals surface area contributed by atoms with E-state index in [0.29, 0.717) is 19.0 Å². The van der Waals surface area contributed by atoms with Crippen LogP contribution in [0.2, 0.25) is 0 Å². The van der Waals surface area contributed by atoms with E-state index in [-0.39, 0.29) is 12.7 Å². The summed E-state index contributed by atoms with van der Waals surface area (Å²) in [6.07, 6.45) is 7.27. The van der Waals surface area contributed by atoms with Crippen molar-refractivity contribution in [3.63, 3.8) is 0 Å². The number of hydrogen-bond donors (Lipinski definition) is 2. The van der Waals surface area contributed by atoms with Crippen LogP contribution in [0.1, 0.15) is 18.4 Å². The van der Waals surface area contributed by atoms with Gasteiger partial charge in [0.2, 0.25) is 0 Å². The molecule has 102 valence electrons. The number of terminal acetylenes is 1. The molecule has 1 saturated carbocycles. The number of aliphatic hydroxyl groups excluding tert-OH is 1. The van der Waals surface area contributed by atoms with Crippen LogP contribution in [0.25, 0.3) is 0 Å². The van der Waals surface area contributed by atoms with Crippen LogP contribution in [-0.2, 0) is 6.54 Å². The van der Waals surface area contributed by atoms with Crippen molar-refractivity contribution in [2.45, 2.75) is 25.5 Å². The minimum Gasteiger partial charge on any atom is -0.481 e. The highest BCUT2D eigenvalue weighted by molar-refractivity contribution is 9.10. The van der Waals surface area contributed by atoms with Crippen molar-refractivity contribution in [3.05, 3.63) is 28.2 Å². The van der Waals surface area contributed by atoms with Gasteiger partial charge in [-0.15, -0.1) is 6.42 Å². The summed E-state index contributed by atoms with van der Waals surface area (Å²) in [6, 6.07) is 5.83. The van der Waals surface area contributed by atoms with Crippen LogP contribution < -0.4 is 10.1 Å². The van der Waals surface area contributed by atoms with Gasteiger partial charge in [-0.25, -0.2) is 0 Å². The number of benzene rings is 1. The van der Waals surface area contributed by atoms with Crippen LogP contribution in [0.3, 0.4) is 0 Å². The summed E-state index contributed by atoms with van der Waals surface area (Å²) in [5.41, 5.74) is 1.03. The molecule has 4 heteroatoms. The van der Waals surface area contributed by atoms with Gasteiger partial charge in [0.1, 0.15) is 12.4 Å². The van der Waals surface area contributed by atoms with Gasteiger partial charge in [0.05, 0.1) is 6.10 Å². The highest BCUT2D eigenvalue weighted by Crippen LogP contribution is 2.32. The van der Waals surface area contributed by atoms with Crippen molar-refractivity contribution in [1.82, 2.24) is 5.32 Å². The highest BCUT2D eigenvalue weighted by Gasteiger charge is 2.29. The lowest BCUT2D eigenvalue weighted by Gasteiger charge is -2.13. The second-order valence-electron chi connectivity index (χ2n) is 4.78. The molecular formula is C15H18BrNO2. The maximum atomic E-state index is 9.80. The minimum absolute atomic E-state index is 0.234. The Morgan fingerprint density at radius 2 is 2.32 bits per heavy atom. The normalized spacial score (nSPS) is 15.8. The maximum Gasteiger partial charge on any atom is 0.148 e. The second kappa shape index (κ2) is 6.95. The van der Waals surface area contributed by atoms with Crippen molar-refractivity contribution >= 4 is 15.9 Å². The van der Waals surface area contributed by atoms with Gasteiger partial charge in [-0.05, 0) is 37.0 Å². The first-order valence-electron chi connectivity index (χ1n) is 6.44. The summed E-state index contributed by atoms with van der Waals surface area (Å²) in [5, 5.41) is 13.1. The molecule has 2 rings (SSSR count). The lowest BCUT2D eigenvalue weighted by Crippen LogP contribution is -2.28. The van der Waals surface area contributed by atoms with Gasteiger partial charge in [-0.2, -0.15) is 0 Å². The third kappa shape index (κ3) is 4.54. The lowest BCUT2D eigenvalue weighted by molar-refractivity contribution is 0.148. The van der Waals surface area contributed by atoms with E-state index >= 15 is 0 Å². The Morgan fingerprint density at radius 3 is 3.00 bits per heavy atom. The SMILES string of the molecule is C#CCOc1ccc(Br)cc1CNCC(O)C1CC1. The van der Waals surface area contributed by atoms with Gasteiger partial charge >= 0.3 is 0 Å². The molecule has 1 aliphatic rings. The fourth-order valence-electron chi connectivity index (χ4n) is 1.95. The third-order valence-corrected chi connectivity index (χ3v) is 3.66. The average Bonchev–Trinajstić information content (AvgIpc) is 3.22. The second-order valence-corrected chi connectivity index (χ2v) is 5.70. The van der Waals surface area contributed by atoms with Crippen LogP contribution >= 0.6 is 15.9 Å². The quantitative estimate of drug-likeness (QED) is 0.757. The van der Waals surface area contributed by atoms with Crippen LogP contribution in [0, 0.1) is 18.3 Å². The summed E-state index contributed by atoms with van der Waals surface area (Å²) < 4.78 is 6.50. The zero-order valence-corrected chi connectivity index (χ0v) is 12.3. The van der Waals surface area contributed by atoms with Gasteiger partial charge in [0.15, 0.2) is 0 Å². The Bertz CT molecular complexity index is 466. The zero-order chi connectivity index (χ0) is 13.7. The molecule has 0 heterocycles. The van der Waals surface area contributed by atoms with E-state index in [1.807, 2.05) is 18.2 Å². The zero-order valence-electron chi connectivity index (χ0n) is 10.7. The largest absolute Gasteiger partial charge is 0.481 e. The molecule has 0 aliphatic heterocycles. The summed E-state index contributed by atoms with van der Waals surface area (Å²) >= 11 is 3.45. The standard InChI is InChI=1S/C15H18BrNO2/c1-2-7-19-15-6-5-13(16)8-12(15)9-17-10-14(18)11-3-4-11/h1,5-6,8,11,14,17-18H,3-4,7,9-10H2. The van der Waals surface area contributed by atoms with Gasteiger partial charge in [0.25, 0.3) is 0 Å². The molecule has 1 aromatic carbocycles. The van der Waals surface area contributed by atoms with E-state index in [2.05, 4.69) is 27.2 Å². The Balaban J connectivity index is 1.89. The van der Waals surface area contributed by atoms with E-state index in [9.17, 15) is 5.11 Å². The fourth-order valence-corrected chi connectivity index (χ4v) is 2.36. The molecule has 0 saturated heterocycles. The van der Waals surface area contributed by atoms with Crippen LogP contribution in [0.4, 0.5) is 0 Å². The van der Waals surface area contributed by atoms with Crippen molar-refractivity contribution in [2.24, 2.45) is 5.92 Å². The average molecular weight is 324 g/mol. The molecule has 0 radical (unpaired) electrons. The Labute approximate surface area is 122 Å². The summed E-state index contributed by atoms with van der Waals surface area (Å²) in [5.74, 6) is 3.74. The molecule has 1 unspecified atom stereocenters. The predicted octanol–water partition coefficient (Wildman–Crippen LogP) is 2.32. The smallest absolute Gasteiger partial charge is 0.148 e. The van der Waals surface area contributed by atoms with Crippen LogP contribution in [-0.4, -0.2) is 24.4 Å². The molecule has 0 bridgehead atoms. The van der Waals surface area contributed by atoms with Crippen LogP contribution in [0.15, 0.2) is 22.7 Å². The number of hydrogen-bond acceptors (Lipinski definition) is 3. The van der Waals surface area contributed by atoms with E-state index in [1.54, 1.807) is 0 Å². The van der Waals surface area contributed by atoms with Gasteiger partial charge in [-0.1, -0.05) is 21.9 Å². The predicted molar refractivity (Wildman–Crippen MR) is 78.9 cm³/mol. The third-order valence-electron chi connectivity index (χ3n) is 3.17. The lowest BCUT2D eigenvalue weighted by atomic mass is 10.2. The van der Waals surface area contributed by atoms with E-state index in [4.69, 9.17) is 11.2 Å². The Kier molecular flexibility index (Phi) is 5.26. The molecule has 1 aromatic rings. The van der Waals surface area contributed by atoms with E-state index < -0.39 is 0 Å². The number of ether oxygens (including phenoxy) is 1. The molecule has 19 heavy (non-hydrogen) atoms. The molecule has 0 amide bonds. The first kappa shape index (κ1) is 14.4. The van der Waals surface area contributed by atoms with E-state index in [1.165, 1.54) is 0 Å². The maximum absolute atomic E-state index is 9.80. The van der Waals surface area contributed by atoms with Gasteiger partial charge < -0.3 is 15.2 Å². The van der Waals surface area contributed by atoms with E-state index in [0.717, 1.165) is 28.6 Å². The van der Waals surface area contributed by atoms with Crippen molar-refractivity contribution in [2.75, 3.05) is 13.2 Å². The monoisotopic (exact) mass is 323 g/mol. The molecule has 0 aromatic heterocycles. The molecule has 1 aliphatic carbocycles. The topological polar surface area (TPSA) is 41.5 Å². The number of aliphatic hydroxyl groups is 1. The summed E-state index contributed by atoms with van der Waals surface area (Å²) in [6.45, 7) is 1.54. The fraction of sp³-hybridized carbons (Fsp3) is 0.467. The number of rotatable bonds is 7. The molecular weight excluding hydrogens is 306 g/mol. The molecule has 1 atom stereocenters. The number of halogens is 1. The van der Waals surface area contributed by atoms with Crippen molar-refractivity contribution in [1.29, 1.82) is 0 Å². The van der Waals surface area contributed by atoms with Crippen LogP contribution in [0.5, 0.6) is 5.75 Å². The summed E-state index contributed by atoms with van der Waals surface area (Å²) in [7, 11) is 0. The van der Waals surface area contributed by atoms with Gasteiger partial charge in [0, 0.05) is 23.1 Å². The first-order chi connectivity index (χ1) is 9.20. The summed E-state index contributed by atoms with van der Waals surface area (Å²) in [4.78, 5) is 0. The van der Waals surface area contributed by atoms with Gasteiger partial charge in [-0.3, -0.25) is 0 Å². The molecule has 0 spiro atoms.